The van der Waals surface area contributed by atoms with E-state index in [0.717, 1.165) is 38.1 Å². The van der Waals surface area contributed by atoms with Gasteiger partial charge >= 0.3 is 0 Å². The molecule has 5 nitrogen and oxygen atoms in total. The van der Waals surface area contributed by atoms with Gasteiger partial charge in [-0.05, 0) is 55.3 Å². The molecular formula is C25H34FN3O2. The normalized spacial score (nSPS) is 16.1. The lowest BCUT2D eigenvalue weighted by molar-refractivity contribution is 0.0993. The van der Waals surface area contributed by atoms with Crippen molar-refractivity contribution >= 4 is 17.3 Å². The lowest BCUT2D eigenvalue weighted by Crippen LogP contribution is -2.37. The first kappa shape index (κ1) is 23.1. The second-order valence-corrected chi connectivity index (χ2v) is 8.48. The zero-order valence-electron chi connectivity index (χ0n) is 19.0. The number of hydrogen-bond donors (Lipinski definition) is 1. The maximum Gasteiger partial charge on any atom is 0.258 e. The van der Waals surface area contributed by atoms with E-state index in [2.05, 4.69) is 31.0 Å². The van der Waals surface area contributed by atoms with Crippen molar-refractivity contribution in [2.24, 2.45) is 0 Å². The lowest BCUT2D eigenvalue weighted by Gasteiger charge is -2.23. The second kappa shape index (κ2) is 10.6. The fraction of sp³-hybridized carbons (Fsp3) is 0.480. The summed E-state index contributed by atoms with van der Waals surface area (Å²) in [6.07, 6.45) is 3.07. The molecule has 0 bridgehead atoms. The number of nitrogens with one attached hydrogen (secondary N) is 1. The maximum atomic E-state index is 14.9. The second-order valence-electron chi connectivity index (χ2n) is 8.48. The fourth-order valence-corrected chi connectivity index (χ4v) is 3.89. The number of ether oxygens (including phenoxy) is 1. The number of halogens is 1. The number of hydrogen-bond acceptors (Lipinski definition) is 4. The Labute approximate surface area is 185 Å². The number of rotatable bonds is 9. The molecule has 1 heterocycles. The number of carbonyl (C=O) groups excluding carboxylic acids is 1. The first-order valence-corrected chi connectivity index (χ1v) is 11.2. The number of unbranched alkanes of at least 4 members (excludes halogenated alkanes) is 1. The van der Waals surface area contributed by atoms with Gasteiger partial charge in [0, 0.05) is 43.5 Å². The Morgan fingerprint density at radius 3 is 2.65 bits per heavy atom. The highest BCUT2D eigenvalue weighted by Crippen LogP contribution is 2.28. The topological polar surface area (TPSA) is 44.8 Å². The summed E-state index contributed by atoms with van der Waals surface area (Å²) < 4.78 is 20.6. The Morgan fingerprint density at radius 1 is 1.26 bits per heavy atom. The van der Waals surface area contributed by atoms with E-state index < -0.39 is 0 Å². The summed E-state index contributed by atoms with van der Waals surface area (Å²) in [7, 11) is 1.67. The van der Waals surface area contributed by atoms with Crippen LogP contribution in [0.3, 0.4) is 0 Å². The van der Waals surface area contributed by atoms with E-state index in [4.69, 9.17) is 4.74 Å². The van der Waals surface area contributed by atoms with Crippen LogP contribution >= 0.6 is 0 Å². The van der Waals surface area contributed by atoms with Crippen LogP contribution in [-0.2, 0) is 0 Å². The molecule has 6 heteroatoms. The standard InChI is InChI=1S/C25H34FN3O2/c1-5-6-15-31-22-10-7-19(8-11-22)25(30)28(4)21-9-12-24(23(26)16-21)29-14-13-20(17-29)27-18(2)3/h7-12,16,18,20,27H,5-6,13-15,17H2,1-4H3. The van der Waals surface area contributed by atoms with Crippen molar-refractivity contribution in [2.45, 2.75) is 52.1 Å². The van der Waals surface area contributed by atoms with E-state index in [-0.39, 0.29) is 11.7 Å². The van der Waals surface area contributed by atoms with Gasteiger partial charge in [0.1, 0.15) is 11.6 Å². The minimum absolute atomic E-state index is 0.186. The van der Waals surface area contributed by atoms with Gasteiger partial charge in [0.05, 0.1) is 12.3 Å². The minimum Gasteiger partial charge on any atom is -0.494 e. The highest BCUT2D eigenvalue weighted by molar-refractivity contribution is 6.05. The molecule has 1 unspecified atom stereocenters. The van der Waals surface area contributed by atoms with E-state index in [0.29, 0.717) is 35.6 Å². The molecule has 168 valence electrons. The van der Waals surface area contributed by atoms with Crippen molar-refractivity contribution in [3.8, 4) is 5.75 Å². The number of anilines is 2. The average Bonchev–Trinajstić information content (AvgIpc) is 3.20. The molecule has 2 aromatic carbocycles. The van der Waals surface area contributed by atoms with Crippen molar-refractivity contribution < 1.29 is 13.9 Å². The molecule has 1 amide bonds. The summed E-state index contributed by atoms with van der Waals surface area (Å²) in [6.45, 7) is 8.64. The summed E-state index contributed by atoms with van der Waals surface area (Å²) in [4.78, 5) is 16.4. The molecule has 1 aliphatic rings. The third-order valence-electron chi connectivity index (χ3n) is 5.59. The van der Waals surface area contributed by atoms with Crippen LogP contribution in [0.4, 0.5) is 15.8 Å². The molecule has 1 atom stereocenters. The van der Waals surface area contributed by atoms with Crippen LogP contribution in [0.5, 0.6) is 5.75 Å². The molecule has 2 aromatic rings. The first-order valence-electron chi connectivity index (χ1n) is 11.2. The number of carbonyl (C=O) groups is 1. The third kappa shape index (κ3) is 5.97. The smallest absolute Gasteiger partial charge is 0.258 e. The van der Waals surface area contributed by atoms with Gasteiger partial charge in [-0.15, -0.1) is 0 Å². The van der Waals surface area contributed by atoms with Crippen molar-refractivity contribution in [3.05, 3.63) is 53.8 Å². The minimum atomic E-state index is -0.304. The summed E-state index contributed by atoms with van der Waals surface area (Å²) >= 11 is 0. The van der Waals surface area contributed by atoms with Gasteiger partial charge in [-0.2, -0.15) is 0 Å². The predicted octanol–water partition coefficient (Wildman–Crippen LogP) is 4.86. The monoisotopic (exact) mass is 427 g/mol. The van der Waals surface area contributed by atoms with Gasteiger partial charge < -0.3 is 19.9 Å². The van der Waals surface area contributed by atoms with Crippen LogP contribution in [0.2, 0.25) is 0 Å². The first-order chi connectivity index (χ1) is 14.9. The maximum absolute atomic E-state index is 14.9. The largest absolute Gasteiger partial charge is 0.494 e. The summed E-state index contributed by atoms with van der Waals surface area (Å²) in [5.41, 5.74) is 1.66. The fourth-order valence-electron chi connectivity index (χ4n) is 3.89. The zero-order chi connectivity index (χ0) is 22.4. The van der Waals surface area contributed by atoms with Gasteiger partial charge in [-0.3, -0.25) is 4.79 Å². The van der Waals surface area contributed by atoms with Gasteiger partial charge in [0.2, 0.25) is 0 Å². The van der Waals surface area contributed by atoms with Crippen molar-refractivity contribution in [1.29, 1.82) is 0 Å². The van der Waals surface area contributed by atoms with Crippen molar-refractivity contribution in [3.63, 3.8) is 0 Å². The quantitative estimate of drug-likeness (QED) is 0.581. The molecule has 1 aliphatic heterocycles. The number of benzene rings is 2. The van der Waals surface area contributed by atoms with Crippen LogP contribution < -0.4 is 19.9 Å². The van der Waals surface area contributed by atoms with Gasteiger partial charge in [0.15, 0.2) is 0 Å². The summed E-state index contributed by atoms with van der Waals surface area (Å²) in [6, 6.07) is 12.9. The van der Waals surface area contributed by atoms with Gasteiger partial charge in [-0.1, -0.05) is 27.2 Å². The number of nitrogens with zero attached hydrogens (tertiary/aromatic N) is 2. The molecule has 0 spiro atoms. The Kier molecular flexibility index (Phi) is 7.91. The summed E-state index contributed by atoms with van der Waals surface area (Å²) in [5.74, 6) is 0.260. The van der Waals surface area contributed by atoms with E-state index >= 15 is 0 Å². The summed E-state index contributed by atoms with van der Waals surface area (Å²) in [5, 5.41) is 3.52. The predicted molar refractivity (Wildman–Crippen MR) is 125 cm³/mol. The lowest BCUT2D eigenvalue weighted by atomic mass is 10.1. The van der Waals surface area contributed by atoms with Crippen molar-refractivity contribution in [1.82, 2.24) is 5.32 Å². The Morgan fingerprint density at radius 2 is 2.00 bits per heavy atom. The molecule has 1 fully saturated rings. The van der Waals surface area contributed by atoms with Crippen LogP contribution in [0.1, 0.15) is 50.4 Å². The van der Waals surface area contributed by atoms with E-state index in [1.54, 1.807) is 37.4 Å². The van der Waals surface area contributed by atoms with E-state index in [1.807, 2.05) is 6.07 Å². The Balaban J connectivity index is 1.64. The SMILES string of the molecule is CCCCOc1ccc(C(=O)N(C)c2ccc(N3CCC(NC(C)C)C3)c(F)c2)cc1. The molecule has 3 rings (SSSR count). The van der Waals surface area contributed by atoms with E-state index in [9.17, 15) is 9.18 Å². The third-order valence-corrected chi connectivity index (χ3v) is 5.59. The molecule has 0 aliphatic carbocycles. The van der Waals surface area contributed by atoms with Crippen LogP contribution in [-0.4, -0.2) is 44.7 Å². The number of amides is 1. The Bertz CT molecular complexity index is 870. The molecule has 0 aromatic heterocycles. The van der Waals surface area contributed by atoms with Gasteiger partial charge in [-0.25, -0.2) is 4.39 Å². The molecular weight excluding hydrogens is 393 g/mol. The highest BCUT2D eigenvalue weighted by atomic mass is 19.1. The molecule has 31 heavy (non-hydrogen) atoms. The van der Waals surface area contributed by atoms with Crippen LogP contribution in [0.15, 0.2) is 42.5 Å². The molecule has 1 N–H and O–H groups in total. The zero-order valence-corrected chi connectivity index (χ0v) is 19.0. The van der Waals surface area contributed by atoms with E-state index in [1.165, 1.54) is 11.0 Å². The molecule has 1 saturated heterocycles. The molecule has 0 saturated carbocycles. The van der Waals surface area contributed by atoms with Crippen LogP contribution in [0, 0.1) is 5.82 Å². The highest BCUT2D eigenvalue weighted by Gasteiger charge is 2.25. The Hall–Kier alpha value is -2.60. The van der Waals surface area contributed by atoms with Crippen LogP contribution in [0.25, 0.3) is 0 Å². The van der Waals surface area contributed by atoms with Gasteiger partial charge in [0.25, 0.3) is 5.91 Å². The van der Waals surface area contributed by atoms with Crippen molar-refractivity contribution in [2.75, 3.05) is 36.5 Å². The average molecular weight is 428 g/mol. The molecule has 0 radical (unpaired) electrons.